The molecule has 28 heavy (non-hydrogen) atoms. The van der Waals surface area contributed by atoms with Crippen molar-refractivity contribution in [1.29, 1.82) is 0 Å². The topological polar surface area (TPSA) is 57.6 Å². The van der Waals surface area contributed by atoms with Crippen molar-refractivity contribution in [2.75, 3.05) is 13.1 Å². The smallest absolute Gasteiger partial charge is 0.307 e. The molecule has 0 radical (unpaired) electrons. The monoisotopic (exact) mass is 395 g/mol. The molecule has 0 bridgehead atoms. The highest BCUT2D eigenvalue weighted by Crippen LogP contribution is 2.16. The predicted molar refractivity (Wildman–Crippen MR) is 119 cm³/mol. The van der Waals surface area contributed by atoms with Crippen molar-refractivity contribution >= 4 is 11.9 Å². The van der Waals surface area contributed by atoms with E-state index in [9.17, 15) is 14.7 Å². The Morgan fingerprint density at radius 2 is 1.29 bits per heavy atom. The molecular formula is C24H45NO3. The fourth-order valence-corrected chi connectivity index (χ4v) is 3.51. The van der Waals surface area contributed by atoms with E-state index < -0.39 is 11.9 Å². The molecule has 0 rings (SSSR count). The normalized spacial score (nSPS) is 12.4. The maximum Gasteiger partial charge on any atom is 0.307 e. The van der Waals surface area contributed by atoms with E-state index in [2.05, 4.69) is 19.1 Å². The largest absolute Gasteiger partial charge is 0.481 e. The van der Waals surface area contributed by atoms with Gasteiger partial charge in [0.05, 0.1) is 5.92 Å². The minimum absolute atomic E-state index is 0.0392. The molecule has 4 nitrogen and oxygen atoms in total. The van der Waals surface area contributed by atoms with Crippen LogP contribution in [0.2, 0.25) is 0 Å². The van der Waals surface area contributed by atoms with Crippen LogP contribution in [-0.2, 0) is 9.59 Å². The van der Waals surface area contributed by atoms with Crippen molar-refractivity contribution in [1.82, 2.24) is 4.90 Å². The first-order valence-electron chi connectivity index (χ1n) is 11.7. The number of carboxylic acid groups (broad SMARTS) is 1. The third-order valence-corrected chi connectivity index (χ3v) is 5.45. The third kappa shape index (κ3) is 14.7. The number of hydrogen-bond donors (Lipinski definition) is 1. The van der Waals surface area contributed by atoms with Crippen molar-refractivity contribution < 1.29 is 14.7 Å². The van der Waals surface area contributed by atoms with Crippen LogP contribution in [0.5, 0.6) is 0 Å². The summed E-state index contributed by atoms with van der Waals surface area (Å²) in [4.78, 5) is 25.2. The van der Waals surface area contributed by atoms with Gasteiger partial charge in [0.25, 0.3) is 0 Å². The minimum Gasteiger partial charge on any atom is -0.481 e. The summed E-state index contributed by atoms with van der Waals surface area (Å²) in [6.07, 6.45) is 20.1. The van der Waals surface area contributed by atoms with Crippen molar-refractivity contribution in [3.05, 3.63) is 12.2 Å². The molecule has 0 heterocycles. The Bertz CT molecular complexity index is 416. The summed E-state index contributed by atoms with van der Waals surface area (Å²) >= 11 is 0. The number of allylic oxidation sites excluding steroid dienone is 2. The second kappa shape index (κ2) is 19.0. The second-order valence-electron chi connectivity index (χ2n) is 7.82. The van der Waals surface area contributed by atoms with Gasteiger partial charge in [-0.3, -0.25) is 9.59 Å². The fraction of sp³-hybridized carbons (Fsp3) is 0.833. The molecule has 0 aromatic heterocycles. The Hall–Kier alpha value is -1.32. The van der Waals surface area contributed by atoms with Gasteiger partial charge in [-0.1, -0.05) is 70.4 Å². The highest BCUT2D eigenvalue weighted by atomic mass is 16.4. The van der Waals surface area contributed by atoms with Crippen molar-refractivity contribution in [3.8, 4) is 0 Å². The van der Waals surface area contributed by atoms with E-state index in [1.807, 2.05) is 13.8 Å². The van der Waals surface area contributed by atoms with Crippen LogP contribution < -0.4 is 0 Å². The van der Waals surface area contributed by atoms with E-state index >= 15 is 0 Å². The zero-order valence-corrected chi connectivity index (χ0v) is 18.8. The Morgan fingerprint density at radius 3 is 1.79 bits per heavy atom. The van der Waals surface area contributed by atoms with E-state index in [-0.39, 0.29) is 12.3 Å². The number of amides is 1. The fourth-order valence-electron chi connectivity index (χ4n) is 3.51. The van der Waals surface area contributed by atoms with Crippen LogP contribution in [0.25, 0.3) is 0 Å². The highest BCUT2D eigenvalue weighted by molar-refractivity contribution is 5.82. The Kier molecular flexibility index (Phi) is 18.1. The Morgan fingerprint density at radius 1 is 0.786 bits per heavy atom. The first kappa shape index (κ1) is 26.7. The SMILES string of the molecule is CCCCCCCCCC/C=C/CCCCC(CC(=O)N(CC)CC)C(=O)O. The molecule has 0 aromatic rings. The van der Waals surface area contributed by atoms with Crippen LogP contribution in [0.4, 0.5) is 0 Å². The van der Waals surface area contributed by atoms with Gasteiger partial charge in [-0.05, 0) is 46.0 Å². The molecule has 0 aliphatic heterocycles. The molecule has 1 atom stereocenters. The average Bonchev–Trinajstić information content (AvgIpc) is 2.68. The van der Waals surface area contributed by atoms with Crippen LogP contribution in [-0.4, -0.2) is 35.0 Å². The Labute approximate surface area is 173 Å². The predicted octanol–water partition coefficient (Wildman–Crippen LogP) is 6.59. The first-order chi connectivity index (χ1) is 13.6. The molecule has 0 spiro atoms. The molecule has 0 aliphatic rings. The van der Waals surface area contributed by atoms with Crippen LogP contribution in [0.15, 0.2) is 12.2 Å². The summed E-state index contributed by atoms with van der Waals surface area (Å²) in [5.74, 6) is -1.43. The standard InChI is InChI=1S/C24H45NO3/c1-4-7-8-9-10-11-12-13-14-15-16-17-18-19-20-22(24(27)28)21-23(26)25(5-2)6-3/h15-16,22H,4-14,17-21H2,1-3H3,(H,27,28)/b16-15+. The number of carbonyl (C=O) groups excluding carboxylic acids is 1. The van der Waals surface area contributed by atoms with E-state index in [0.29, 0.717) is 19.5 Å². The number of aliphatic carboxylic acids is 1. The molecule has 0 saturated carbocycles. The van der Waals surface area contributed by atoms with Gasteiger partial charge in [0.1, 0.15) is 0 Å². The lowest BCUT2D eigenvalue weighted by Gasteiger charge is -2.21. The summed E-state index contributed by atoms with van der Waals surface area (Å²) in [5, 5.41) is 9.37. The number of carbonyl (C=O) groups is 2. The van der Waals surface area contributed by atoms with Crippen LogP contribution in [0.3, 0.4) is 0 Å². The van der Waals surface area contributed by atoms with Gasteiger partial charge in [-0.25, -0.2) is 0 Å². The number of nitrogens with zero attached hydrogens (tertiary/aromatic N) is 1. The van der Waals surface area contributed by atoms with Crippen molar-refractivity contribution in [2.24, 2.45) is 5.92 Å². The molecule has 1 amide bonds. The number of rotatable bonds is 19. The maximum atomic E-state index is 12.1. The number of unbranched alkanes of at least 4 members (excludes halogenated alkanes) is 10. The first-order valence-corrected chi connectivity index (χ1v) is 11.7. The lowest BCUT2D eigenvalue weighted by molar-refractivity contribution is -0.146. The Balaban J connectivity index is 3.73. The zero-order chi connectivity index (χ0) is 21.0. The van der Waals surface area contributed by atoms with E-state index in [1.165, 1.54) is 51.4 Å². The number of hydrogen-bond acceptors (Lipinski definition) is 2. The van der Waals surface area contributed by atoms with E-state index in [0.717, 1.165) is 25.7 Å². The maximum absolute atomic E-state index is 12.1. The number of carboxylic acids is 1. The molecule has 0 saturated heterocycles. The van der Waals surface area contributed by atoms with Gasteiger partial charge in [-0.2, -0.15) is 0 Å². The third-order valence-electron chi connectivity index (χ3n) is 5.45. The minimum atomic E-state index is -0.842. The quantitative estimate of drug-likeness (QED) is 0.198. The van der Waals surface area contributed by atoms with Gasteiger partial charge >= 0.3 is 5.97 Å². The van der Waals surface area contributed by atoms with Crippen molar-refractivity contribution in [2.45, 2.75) is 111 Å². The van der Waals surface area contributed by atoms with E-state index in [1.54, 1.807) is 4.90 Å². The molecule has 0 aliphatic carbocycles. The average molecular weight is 396 g/mol. The van der Waals surface area contributed by atoms with Gasteiger partial charge < -0.3 is 10.0 Å². The van der Waals surface area contributed by atoms with Gasteiger partial charge in [0.15, 0.2) is 0 Å². The second-order valence-corrected chi connectivity index (χ2v) is 7.82. The zero-order valence-electron chi connectivity index (χ0n) is 18.8. The van der Waals surface area contributed by atoms with Gasteiger partial charge in [0, 0.05) is 19.5 Å². The lowest BCUT2D eigenvalue weighted by atomic mass is 9.97. The van der Waals surface area contributed by atoms with Gasteiger partial charge in [-0.15, -0.1) is 0 Å². The summed E-state index contributed by atoms with van der Waals surface area (Å²) in [6, 6.07) is 0. The van der Waals surface area contributed by atoms with Gasteiger partial charge in [0.2, 0.25) is 5.91 Å². The summed E-state index contributed by atoms with van der Waals surface area (Å²) < 4.78 is 0. The molecule has 4 heteroatoms. The molecule has 1 N–H and O–H groups in total. The molecule has 1 unspecified atom stereocenters. The molecule has 0 fully saturated rings. The van der Waals surface area contributed by atoms with Crippen molar-refractivity contribution in [3.63, 3.8) is 0 Å². The van der Waals surface area contributed by atoms with Crippen LogP contribution >= 0.6 is 0 Å². The summed E-state index contributed by atoms with van der Waals surface area (Å²) in [6.45, 7) is 7.40. The molecule has 0 aromatic carbocycles. The van der Waals surface area contributed by atoms with Crippen LogP contribution in [0, 0.1) is 5.92 Å². The lowest BCUT2D eigenvalue weighted by Crippen LogP contribution is -2.33. The van der Waals surface area contributed by atoms with E-state index in [4.69, 9.17) is 0 Å². The molecular weight excluding hydrogens is 350 g/mol. The summed E-state index contributed by atoms with van der Waals surface area (Å²) in [5.41, 5.74) is 0. The van der Waals surface area contributed by atoms with Crippen LogP contribution in [0.1, 0.15) is 111 Å². The highest BCUT2D eigenvalue weighted by Gasteiger charge is 2.22. The molecule has 164 valence electrons. The summed E-state index contributed by atoms with van der Waals surface area (Å²) in [7, 11) is 0.